The standard InChI is InChI=1S/C27H38O7/c1-14-21-17(32-16(3)29)11-19-26(7)10-8-9-25(6,13-31-15(2)28)18(26)12-20-27(19,22(14)30)23(21)34-24(4,5)33-20/h17-21,23H,1,8-13H2,2-7H3/t17-,18+,19-,20+,21+,23+,25+,26+,27-/m0/s1. The summed E-state index contributed by atoms with van der Waals surface area (Å²) >= 11 is 0. The Balaban J connectivity index is 1.66. The smallest absolute Gasteiger partial charge is 0.302 e. The Labute approximate surface area is 201 Å². The van der Waals surface area contributed by atoms with E-state index in [-0.39, 0.29) is 52.4 Å². The molecule has 2 bridgehead atoms. The van der Waals surface area contributed by atoms with Gasteiger partial charge in [0.25, 0.3) is 0 Å². The van der Waals surface area contributed by atoms with E-state index in [1.807, 2.05) is 13.8 Å². The monoisotopic (exact) mass is 474 g/mol. The zero-order valence-corrected chi connectivity index (χ0v) is 21.3. The Morgan fingerprint density at radius 2 is 1.74 bits per heavy atom. The molecule has 7 heteroatoms. The van der Waals surface area contributed by atoms with E-state index in [4.69, 9.17) is 18.9 Å². The molecule has 0 N–H and O–H groups in total. The Morgan fingerprint density at radius 1 is 1.03 bits per heavy atom. The number of fused-ring (bicyclic) bond motifs is 2. The van der Waals surface area contributed by atoms with Gasteiger partial charge in [0.05, 0.1) is 30.1 Å². The molecule has 34 heavy (non-hydrogen) atoms. The van der Waals surface area contributed by atoms with Gasteiger partial charge < -0.3 is 18.9 Å². The van der Waals surface area contributed by atoms with E-state index < -0.39 is 23.4 Å². The number of carbonyl (C=O) groups is 3. The van der Waals surface area contributed by atoms with Crippen LogP contribution in [0.1, 0.15) is 73.6 Å². The van der Waals surface area contributed by atoms with Gasteiger partial charge in [-0.3, -0.25) is 14.4 Å². The summed E-state index contributed by atoms with van der Waals surface area (Å²) in [5, 5.41) is 0. The quantitative estimate of drug-likeness (QED) is 0.452. The molecule has 0 aromatic rings. The lowest BCUT2D eigenvalue weighted by molar-refractivity contribution is -0.386. The van der Waals surface area contributed by atoms with Crippen LogP contribution in [0.25, 0.3) is 0 Å². The van der Waals surface area contributed by atoms with Crippen LogP contribution in [-0.4, -0.2) is 48.4 Å². The van der Waals surface area contributed by atoms with E-state index in [1.54, 1.807) is 0 Å². The minimum absolute atomic E-state index is 0.0228. The summed E-state index contributed by atoms with van der Waals surface area (Å²) in [5.41, 5.74) is -0.766. The number of hydrogen-bond donors (Lipinski definition) is 0. The molecule has 188 valence electrons. The summed E-state index contributed by atoms with van der Waals surface area (Å²) in [6, 6.07) is 0. The van der Waals surface area contributed by atoms with Gasteiger partial charge in [0.1, 0.15) is 6.10 Å². The molecule has 0 amide bonds. The van der Waals surface area contributed by atoms with Crippen molar-refractivity contribution in [2.24, 2.45) is 34.0 Å². The van der Waals surface area contributed by atoms with Crippen molar-refractivity contribution in [2.75, 3.05) is 6.61 Å². The average molecular weight is 475 g/mol. The molecule has 0 unspecified atom stereocenters. The van der Waals surface area contributed by atoms with Crippen molar-refractivity contribution in [1.29, 1.82) is 0 Å². The van der Waals surface area contributed by atoms with Gasteiger partial charge in [-0.2, -0.15) is 0 Å². The lowest BCUT2D eigenvalue weighted by Gasteiger charge is -2.69. The molecule has 5 fully saturated rings. The maximum absolute atomic E-state index is 14.1. The van der Waals surface area contributed by atoms with E-state index in [0.29, 0.717) is 25.0 Å². The molecule has 4 saturated carbocycles. The Morgan fingerprint density at radius 3 is 2.38 bits per heavy atom. The molecule has 0 aromatic carbocycles. The predicted octanol–water partition coefficient (Wildman–Crippen LogP) is 3.98. The number of carbonyl (C=O) groups excluding carboxylic acids is 3. The molecular weight excluding hydrogens is 436 g/mol. The highest BCUT2D eigenvalue weighted by Crippen LogP contribution is 2.73. The minimum Gasteiger partial charge on any atom is -0.465 e. The van der Waals surface area contributed by atoms with E-state index in [0.717, 1.165) is 19.3 Å². The van der Waals surface area contributed by atoms with E-state index in [1.165, 1.54) is 13.8 Å². The van der Waals surface area contributed by atoms with Gasteiger partial charge in [0, 0.05) is 19.3 Å². The fourth-order valence-electron chi connectivity index (χ4n) is 8.92. The predicted molar refractivity (Wildman–Crippen MR) is 122 cm³/mol. The summed E-state index contributed by atoms with van der Waals surface area (Å²) in [5.74, 6) is -1.74. The number of hydrogen-bond acceptors (Lipinski definition) is 7. The fourth-order valence-corrected chi connectivity index (χ4v) is 8.92. The molecule has 4 aliphatic carbocycles. The third-order valence-electron chi connectivity index (χ3n) is 9.97. The van der Waals surface area contributed by atoms with Crippen LogP contribution >= 0.6 is 0 Å². The van der Waals surface area contributed by atoms with Crippen LogP contribution in [0.2, 0.25) is 0 Å². The van der Waals surface area contributed by atoms with Gasteiger partial charge in [0.2, 0.25) is 0 Å². The van der Waals surface area contributed by atoms with Gasteiger partial charge in [-0.25, -0.2) is 0 Å². The maximum atomic E-state index is 14.1. The van der Waals surface area contributed by atoms with Crippen LogP contribution in [0.5, 0.6) is 0 Å². The van der Waals surface area contributed by atoms with Crippen molar-refractivity contribution in [1.82, 2.24) is 0 Å². The third kappa shape index (κ3) is 3.05. The Bertz CT molecular complexity index is 955. The summed E-state index contributed by atoms with van der Waals surface area (Å²) < 4.78 is 24.6. The SMILES string of the molecule is C=C1C(=O)[C@@]23[C@@H]4OC(C)(C)O[C@@H]2C[C@@H]2[C@@](C)(COC(C)=O)CCC[C@@]2(C)[C@@H]3C[C@H](OC(C)=O)[C@@H]14. The van der Waals surface area contributed by atoms with Gasteiger partial charge in [-0.15, -0.1) is 0 Å². The average Bonchev–Trinajstić information content (AvgIpc) is 2.86. The van der Waals surface area contributed by atoms with Crippen LogP contribution in [0.4, 0.5) is 0 Å². The highest BCUT2D eigenvalue weighted by molar-refractivity contribution is 6.05. The number of ether oxygens (including phenoxy) is 4. The van der Waals surface area contributed by atoms with Crippen molar-refractivity contribution >= 4 is 17.7 Å². The second-order valence-corrected chi connectivity index (χ2v) is 12.4. The molecule has 1 aliphatic heterocycles. The summed E-state index contributed by atoms with van der Waals surface area (Å²) in [7, 11) is 0. The first-order valence-electron chi connectivity index (χ1n) is 12.7. The topological polar surface area (TPSA) is 88.1 Å². The van der Waals surface area contributed by atoms with Crippen molar-refractivity contribution < 1.29 is 33.3 Å². The molecule has 7 nitrogen and oxygen atoms in total. The zero-order chi connectivity index (χ0) is 24.8. The minimum atomic E-state index is -0.876. The van der Waals surface area contributed by atoms with Crippen LogP contribution in [0.15, 0.2) is 12.2 Å². The largest absolute Gasteiger partial charge is 0.465 e. The van der Waals surface area contributed by atoms with E-state index >= 15 is 0 Å². The number of ketones is 1. The lowest BCUT2D eigenvalue weighted by Crippen LogP contribution is -2.73. The lowest BCUT2D eigenvalue weighted by atomic mass is 9.39. The van der Waals surface area contributed by atoms with Crippen molar-refractivity contribution in [3.05, 3.63) is 12.2 Å². The van der Waals surface area contributed by atoms with Gasteiger partial charge in [-0.05, 0) is 62.4 Å². The first-order valence-corrected chi connectivity index (χ1v) is 12.7. The maximum Gasteiger partial charge on any atom is 0.302 e. The molecule has 1 spiro atoms. The molecule has 5 aliphatic rings. The molecule has 1 saturated heterocycles. The third-order valence-corrected chi connectivity index (χ3v) is 9.97. The van der Waals surface area contributed by atoms with E-state index in [2.05, 4.69) is 20.4 Å². The number of Topliss-reactive ketones (excluding diaryl/α,β-unsaturated/α-hetero) is 1. The summed E-state index contributed by atoms with van der Waals surface area (Å²) in [6.45, 7) is 15.7. The molecule has 5 rings (SSSR count). The van der Waals surface area contributed by atoms with Crippen molar-refractivity contribution in [3.63, 3.8) is 0 Å². The summed E-state index contributed by atoms with van der Waals surface area (Å²) in [4.78, 5) is 37.9. The van der Waals surface area contributed by atoms with Crippen LogP contribution in [0, 0.1) is 34.0 Å². The van der Waals surface area contributed by atoms with Crippen molar-refractivity contribution in [3.8, 4) is 0 Å². The number of rotatable bonds is 3. The van der Waals surface area contributed by atoms with Crippen LogP contribution in [0.3, 0.4) is 0 Å². The van der Waals surface area contributed by atoms with Gasteiger partial charge >= 0.3 is 11.9 Å². The normalized spacial score (nSPS) is 48.5. The van der Waals surface area contributed by atoms with Crippen molar-refractivity contribution in [2.45, 2.75) is 97.7 Å². The molecule has 9 atom stereocenters. The molecular formula is C27H38O7. The van der Waals surface area contributed by atoms with E-state index in [9.17, 15) is 14.4 Å². The molecule has 0 radical (unpaired) electrons. The van der Waals surface area contributed by atoms with Crippen LogP contribution in [-0.2, 0) is 33.3 Å². The molecule has 1 heterocycles. The fraction of sp³-hybridized carbons (Fsp3) is 0.815. The van der Waals surface area contributed by atoms with Crippen LogP contribution < -0.4 is 0 Å². The first kappa shape index (κ1) is 24.0. The van der Waals surface area contributed by atoms with Gasteiger partial charge in [0.15, 0.2) is 11.6 Å². The van der Waals surface area contributed by atoms with Gasteiger partial charge in [-0.1, -0.05) is 26.8 Å². The highest BCUT2D eigenvalue weighted by Gasteiger charge is 2.79. The second-order valence-electron chi connectivity index (χ2n) is 12.4. The Kier molecular flexibility index (Phi) is 5.21. The first-order chi connectivity index (χ1) is 15.8. The second kappa shape index (κ2) is 7.39. The highest BCUT2D eigenvalue weighted by atomic mass is 16.7. The Hall–Kier alpha value is -1.73. The number of esters is 2. The summed E-state index contributed by atoms with van der Waals surface area (Å²) in [6.07, 6.45) is 2.98. The molecule has 0 aromatic heterocycles. The zero-order valence-electron chi connectivity index (χ0n) is 21.3.